The van der Waals surface area contributed by atoms with Crippen molar-refractivity contribution in [3.05, 3.63) is 28.8 Å². The second-order valence-electron chi connectivity index (χ2n) is 5.59. The molecule has 18 heavy (non-hydrogen) atoms. The molecule has 1 aliphatic heterocycles. The lowest BCUT2D eigenvalue weighted by atomic mass is 10.1. The molecule has 1 unspecified atom stereocenters. The number of nitrogens with zero attached hydrogens (tertiary/aromatic N) is 1. The van der Waals surface area contributed by atoms with Gasteiger partial charge in [0.2, 0.25) is 0 Å². The van der Waals surface area contributed by atoms with E-state index in [0.29, 0.717) is 6.04 Å². The van der Waals surface area contributed by atoms with E-state index in [9.17, 15) is 0 Å². The fraction of sp³-hybridized carbons (Fsp3) is 0.600. The number of rotatable bonds is 4. The minimum atomic E-state index is 0.576. The minimum Gasteiger partial charge on any atom is -0.371 e. The average Bonchev–Trinajstić information content (AvgIpc) is 2.78. The third-order valence-corrected chi connectivity index (χ3v) is 3.85. The van der Waals surface area contributed by atoms with Crippen LogP contribution >= 0.6 is 11.6 Å². The maximum absolute atomic E-state index is 6.10. The Balaban J connectivity index is 1.97. The van der Waals surface area contributed by atoms with Gasteiger partial charge in [0.25, 0.3) is 0 Å². The summed E-state index contributed by atoms with van der Waals surface area (Å²) in [5.74, 6) is 0.755. The first-order valence-corrected chi connectivity index (χ1v) is 7.18. The molecular weight excluding hydrogens is 244 g/mol. The van der Waals surface area contributed by atoms with Crippen molar-refractivity contribution in [2.45, 2.75) is 33.2 Å². The van der Waals surface area contributed by atoms with E-state index in [-0.39, 0.29) is 0 Å². The van der Waals surface area contributed by atoms with Crippen LogP contribution in [-0.2, 0) is 0 Å². The zero-order chi connectivity index (χ0) is 13.1. The van der Waals surface area contributed by atoms with Gasteiger partial charge in [-0.25, -0.2) is 0 Å². The molecular formula is C15H23ClN2. The van der Waals surface area contributed by atoms with Crippen LogP contribution in [0.4, 0.5) is 5.69 Å². The van der Waals surface area contributed by atoms with Crippen LogP contribution in [0, 0.1) is 12.8 Å². The second-order valence-corrected chi connectivity index (χ2v) is 6.03. The van der Waals surface area contributed by atoms with E-state index in [4.69, 9.17) is 11.6 Å². The van der Waals surface area contributed by atoms with Gasteiger partial charge in [0.15, 0.2) is 0 Å². The molecule has 2 rings (SSSR count). The Hall–Kier alpha value is -0.730. The monoisotopic (exact) mass is 266 g/mol. The summed E-state index contributed by atoms with van der Waals surface area (Å²) in [5.41, 5.74) is 2.62. The van der Waals surface area contributed by atoms with Crippen LogP contribution in [0.25, 0.3) is 0 Å². The summed E-state index contributed by atoms with van der Waals surface area (Å²) >= 11 is 6.10. The van der Waals surface area contributed by atoms with E-state index in [0.717, 1.165) is 30.6 Å². The zero-order valence-electron chi connectivity index (χ0n) is 11.5. The highest BCUT2D eigenvalue weighted by atomic mass is 35.5. The number of aryl methyl sites for hydroxylation is 1. The Morgan fingerprint density at radius 2 is 2.22 bits per heavy atom. The average molecular weight is 267 g/mol. The summed E-state index contributed by atoms with van der Waals surface area (Å²) in [6.07, 6.45) is 1.27. The summed E-state index contributed by atoms with van der Waals surface area (Å²) in [7, 11) is 0. The van der Waals surface area contributed by atoms with Gasteiger partial charge in [-0.2, -0.15) is 0 Å². The molecule has 2 nitrogen and oxygen atoms in total. The first kappa shape index (κ1) is 13.7. The van der Waals surface area contributed by atoms with Gasteiger partial charge in [0.1, 0.15) is 0 Å². The molecule has 0 aromatic heterocycles. The van der Waals surface area contributed by atoms with Crippen molar-refractivity contribution >= 4 is 17.3 Å². The number of benzene rings is 1. The van der Waals surface area contributed by atoms with Gasteiger partial charge < -0.3 is 10.2 Å². The van der Waals surface area contributed by atoms with Crippen LogP contribution in [-0.4, -0.2) is 25.7 Å². The highest BCUT2D eigenvalue weighted by Gasteiger charge is 2.23. The minimum absolute atomic E-state index is 0.576. The Morgan fingerprint density at radius 3 is 2.94 bits per heavy atom. The molecule has 0 aliphatic carbocycles. The van der Waals surface area contributed by atoms with Crippen LogP contribution in [0.2, 0.25) is 5.02 Å². The third-order valence-electron chi connectivity index (χ3n) is 3.61. The fourth-order valence-corrected chi connectivity index (χ4v) is 2.71. The van der Waals surface area contributed by atoms with E-state index in [2.05, 4.69) is 43.1 Å². The van der Waals surface area contributed by atoms with Crippen LogP contribution in [0.15, 0.2) is 18.2 Å². The van der Waals surface area contributed by atoms with Crippen molar-refractivity contribution in [3.63, 3.8) is 0 Å². The second kappa shape index (κ2) is 5.94. The highest BCUT2D eigenvalue weighted by molar-refractivity contribution is 6.30. The molecule has 1 atom stereocenters. The number of nitrogens with one attached hydrogen (secondary N) is 1. The topological polar surface area (TPSA) is 15.3 Å². The summed E-state index contributed by atoms with van der Waals surface area (Å²) < 4.78 is 0. The van der Waals surface area contributed by atoms with Crippen molar-refractivity contribution in [1.82, 2.24) is 5.32 Å². The fourth-order valence-electron chi connectivity index (χ4n) is 2.54. The molecule has 1 heterocycles. The molecule has 1 aliphatic rings. The Kier molecular flexibility index (Phi) is 4.52. The molecule has 1 N–H and O–H groups in total. The molecule has 0 saturated carbocycles. The molecule has 3 heteroatoms. The molecule has 1 fully saturated rings. The van der Waals surface area contributed by atoms with Crippen LogP contribution in [0.1, 0.15) is 25.8 Å². The first-order chi connectivity index (χ1) is 8.56. The standard InChI is InChI=1S/C15H23ClN2/c1-11(2)17-9-13-6-7-18(10-13)15-8-14(16)5-4-12(15)3/h4-5,8,11,13,17H,6-7,9-10H2,1-3H3. The lowest BCUT2D eigenvalue weighted by Crippen LogP contribution is -2.30. The van der Waals surface area contributed by atoms with Crippen LogP contribution in [0.3, 0.4) is 0 Å². The predicted octanol–water partition coefficient (Wildman–Crippen LogP) is 3.47. The van der Waals surface area contributed by atoms with Gasteiger partial charge in [-0.15, -0.1) is 0 Å². The lowest BCUT2D eigenvalue weighted by Gasteiger charge is -2.21. The van der Waals surface area contributed by atoms with Crippen molar-refractivity contribution < 1.29 is 0 Å². The maximum Gasteiger partial charge on any atom is 0.0426 e. The van der Waals surface area contributed by atoms with Crippen molar-refractivity contribution in [1.29, 1.82) is 0 Å². The van der Waals surface area contributed by atoms with Gasteiger partial charge in [0, 0.05) is 29.8 Å². The van der Waals surface area contributed by atoms with Crippen LogP contribution in [0.5, 0.6) is 0 Å². The molecule has 0 amide bonds. The molecule has 1 aromatic carbocycles. The Labute approximate surface area is 115 Å². The largest absolute Gasteiger partial charge is 0.371 e. The highest BCUT2D eigenvalue weighted by Crippen LogP contribution is 2.29. The first-order valence-electron chi connectivity index (χ1n) is 6.80. The molecule has 1 saturated heterocycles. The predicted molar refractivity (Wildman–Crippen MR) is 79.6 cm³/mol. The third kappa shape index (κ3) is 3.39. The van der Waals surface area contributed by atoms with E-state index in [1.165, 1.54) is 17.7 Å². The van der Waals surface area contributed by atoms with Crippen molar-refractivity contribution in [3.8, 4) is 0 Å². The Bertz CT molecular complexity index is 403. The van der Waals surface area contributed by atoms with E-state index in [1.54, 1.807) is 0 Å². The summed E-state index contributed by atoms with van der Waals surface area (Å²) in [6, 6.07) is 6.74. The number of anilines is 1. The molecule has 0 radical (unpaired) electrons. The molecule has 0 bridgehead atoms. The van der Waals surface area contributed by atoms with Gasteiger partial charge in [-0.3, -0.25) is 0 Å². The molecule has 0 spiro atoms. The molecule has 100 valence electrons. The van der Waals surface area contributed by atoms with Gasteiger partial charge in [0.05, 0.1) is 0 Å². The smallest absolute Gasteiger partial charge is 0.0426 e. The number of halogens is 1. The van der Waals surface area contributed by atoms with Gasteiger partial charge >= 0.3 is 0 Å². The van der Waals surface area contributed by atoms with E-state index >= 15 is 0 Å². The normalized spacial score (nSPS) is 19.8. The van der Waals surface area contributed by atoms with Crippen molar-refractivity contribution in [2.75, 3.05) is 24.5 Å². The lowest BCUT2D eigenvalue weighted by molar-refractivity contribution is 0.480. The summed E-state index contributed by atoms with van der Waals surface area (Å²) in [5, 5.41) is 4.37. The molecule has 1 aromatic rings. The number of hydrogen-bond acceptors (Lipinski definition) is 2. The quantitative estimate of drug-likeness (QED) is 0.898. The number of hydrogen-bond donors (Lipinski definition) is 1. The van der Waals surface area contributed by atoms with E-state index in [1.807, 2.05) is 6.07 Å². The van der Waals surface area contributed by atoms with Crippen molar-refractivity contribution in [2.24, 2.45) is 5.92 Å². The van der Waals surface area contributed by atoms with Gasteiger partial charge in [-0.1, -0.05) is 31.5 Å². The SMILES string of the molecule is Cc1ccc(Cl)cc1N1CCC(CNC(C)C)C1. The van der Waals surface area contributed by atoms with E-state index < -0.39 is 0 Å². The van der Waals surface area contributed by atoms with Crippen LogP contribution < -0.4 is 10.2 Å². The summed E-state index contributed by atoms with van der Waals surface area (Å²) in [6.45, 7) is 9.97. The maximum atomic E-state index is 6.10. The van der Waals surface area contributed by atoms with Gasteiger partial charge in [-0.05, 0) is 43.5 Å². The zero-order valence-corrected chi connectivity index (χ0v) is 12.3. The summed E-state index contributed by atoms with van der Waals surface area (Å²) in [4.78, 5) is 2.47. The Morgan fingerprint density at radius 1 is 1.44 bits per heavy atom.